The van der Waals surface area contributed by atoms with Crippen molar-refractivity contribution in [2.24, 2.45) is 11.7 Å². The number of rotatable bonds is 6. The summed E-state index contributed by atoms with van der Waals surface area (Å²) in [6.45, 7) is 4.54. The fourth-order valence-electron chi connectivity index (χ4n) is 1.02. The van der Waals surface area contributed by atoms with Crippen LogP contribution in [0.25, 0.3) is 0 Å². The van der Waals surface area contributed by atoms with E-state index in [-0.39, 0.29) is 0 Å². The highest BCUT2D eigenvalue weighted by atomic mass is 32.1. The van der Waals surface area contributed by atoms with E-state index in [9.17, 15) is 0 Å². The Morgan fingerprint density at radius 3 is 2.45 bits per heavy atom. The molecule has 0 aromatic carbocycles. The molecule has 0 radical (unpaired) electrons. The van der Waals surface area contributed by atoms with Crippen molar-refractivity contribution in [2.45, 2.75) is 45.6 Å². The molecule has 0 fully saturated rings. The molecule has 1 nitrogen and oxygen atoms in total. The van der Waals surface area contributed by atoms with Crippen molar-refractivity contribution in [1.29, 1.82) is 0 Å². The van der Waals surface area contributed by atoms with E-state index in [1.165, 1.54) is 19.3 Å². The predicted octanol–water partition coefficient (Wildman–Crippen LogP) is 2.46. The predicted molar refractivity (Wildman–Crippen MR) is 55.1 cm³/mol. The quantitative estimate of drug-likeness (QED) is 0.596. The Labute approximate surface area is 76.2 Å². The van der Waals surface area contributed by atoms with Gasteiger partial charge in [-0.25, -0.2) is 0 Å². The Hall–Kier alpha value is 0.310. The number of nitrogens with two attached hydrogens (primary N) is 1. The van der Waals surface area contributed by atoms with E-state index >= 15 is 0 Å². The molecule has 0 spiro atoms. The molecule has 0 amide bonds. The van der Waals surface area contributed by atoms with Crippen molar-refractivity contribution in [1.82, 2.24) is 0 Å². The zero-order chi connectivity index (χ0) is 8.69. The Kier molecular flexibility index (Phi) is 7.18. The van der Waals surface area contributed by atoms with Gasteiger partial charge in [0.15, 0.2) is 0 Å². The van der Waals surface area contributed by atoms with E-state index in [2.05, 4.69) is 26.5 Å². The Morgan fingerprint density at radius 2 is 2.00 bits per heavy atom. The average molecular weight is 175 g/mol. The lowest BCUT2D eigenvalue weighted by Crippen LogP contribution is -2.21. The van der Waals surface area contributed by atoms with E-state index < -0.39 is 0 Å². The molecule has 0 aromatic rings. The fraction of sp³-hybridized carbons (Fsp3) is 1.00. The number of hydrogen-bond acceptors (Lipinski definition) is 2. The molecule has 0 heterocycles. The van der Waals surface area contributed by atoms with E-state index in [1.54, 1.807) is 0 Å². The van der Waals surface area contributed by atoms with Crippen LogP contribution in [0.5, 0.6) is 0 Å². The molecule has 0 aliphatic rings. The number of hydrogen-bond donors (Lipinski definition) is 2. The van der Waals surface area contributed by atoms with Gasteiger partial charge in [0.2, 0.25) is 0 Å². The molecule has 0 aliphatic heterocycles. The van der Waals surface area contributed by atoms with Crippen molar-refractivity contribution in [3.05, 3.63) is 0 Å². The summed E-state index contributed by atoms with van der Waals surface area (Å²) in [6, 6.07) is 0.308. The lowest BCUT2D eigenvalue weighted by atomic mass is 10.0. The minimum Gasteiger partial charge on any atom is -0.327 e. The van der Waals surface area contributed by atoms with Gasteiger partial charge >= 0.3 is 0 Å². The van der Waals surface area contributed by atoms with Crippen LogP contribution in [-0.4, -0.2) is 11.8 Å². The zero-order valence-electron chi connectivity index (χ0n) is 7.71. The summed E-state index contributed by atoms with van der Waals surface area (Å²) < 4.78 is 0. The second kappa shape index (κ2) is 6.99. The first-order valence-electron chi connectivity index (χ1n) is 4.57. The molecule has 2 unspecified atom stereocenters. The van der Waals surface area contributed by atoms with Gasteiger partial charge in [-0.15, -0.1) is 0 Å². The van der Waals surface area contributed by atoms with Crippen molar-refractivity contribution < 1.29 is 0 Å². The maximum atomic E-state index is 5.72. The third-order valence-corrected chi connectivity index (χ3v) is 2.67. The minimum atomic E-state index is 0.308. The standard InChI is InChI=1S/C9H21NS/c1-3-8(2)5-4-6-9(10)7-11/h8-9,11H,3-7,10H2,1-2H3. The van der Waals surface area contributed by atoms with Gasteiger partial charge in [-0.1, -0.05) is 33.1 Å². The second-order valence-electron chi connectivity index (χ2n) is 3.39. The first-order chi connectivity index (χ1) is 5.20. The third-order valence-electron chi connectivity index (χ3n) is 2.20. The molecule has 0 aromatic heterocycles. The summed E-state index contributed by atoms with van der Waals surface area (Å²) in [5, 5.41) is 0. The SMILES string of the molecule is CCC(C)CCCC(N)CS. The Morgan fingerprint density at radius 1 is 1.36 bits per heavy atom. The van der Waals surface area contributed by atoms with Crippen LogP contribution in [0, 0.1) is 5.92 Å². The summed E-state index contributed by atoms with van der Waals surface area (Å²) in [6.07, 6.45) is 5.00. The Bertz CT molecular complexity index is 75.6. The smallest absolute Gasteiger partial charge is 0.0127 e. The normalized spacial score (nSPS) is 16.4. The zero-order valence-corrected chi connectivity index (χ0v) is 8.61. The topological polar surface area (TPSA) is 26.0 Å². The molecule has 0 saturated heterocycles. The molecule has 2 atom stereocenters. The summed E-state index contributed by atoms with van der Waals surface area (Å²) in [5.41, 5.74) is 5.72. The highest BCUT2D eigenvalue weighted by Gasteiger charge is 2.01. The molecule has 0 bridgehead atoms. The summed E-state index contributed by atoms with van der Waals surface area (Å²) >= 11 is 4.14. The van der Waals surface area contributed by atoms with Gasteiger partial charge in [-0.05, 0) is 12.3 Å². The van der Waals surface area contributed by atoms with E-state index in [4.69, 9.17) is 5.73 Å². The highest BCUT2D eigenvalue weighted by molar-refractivity contribution is 7.80. The molecule has 68 valence electrons. The van der Waals surface area contributed by atoms with Gasteiger partial charge in [0.25, 0.3) is 0 Å². The van der Waals surface area contributed by atoms with Gasteiger partial charge in [-0.2, -0.15) is 12.6 Å². The molecule has 0 saturated carbocycles. The molecule has 2 heteroatoms. The largest absolute Gasteiger partial charge is 0.327 e. The fourth-order valence-corrected chi connectivity index (χ4v) is 1.21. The lowest BCUT2D eigenvalue weighted by molar-refractivity contribution is 0.470. The van der Waals surface area contributed by atoms with Crippen molar-refractivity contribution >= 4 is 12.6 Å². The minimum absolute atomic E-state index is 0.308. The van der Waals surface area contributed by atoms with E-state index in [0.717, 1.165) is 18.1 Å². The number of thiol groups is 1. The summed E-state index contributed by atoms with van der Waals surface area (Å²) in [4.78, 5) is 0. The van der Waals surface area contributed by atoms with Crippen LogP contribution in [0.3, 0.4) is 0 Å². The maximum Gasteiger partial charge on any atom is 0.0127 e. The van der Waals surface area contributed by atoms with E-state index in [0.29, 0.717) is 6.04 Å². The summed E-state index contributed by atoms with van der Waals surface area (Å²) in [7, 11) is 0. The molecule has 0 aliphatic carbocycles. The molecule has 0 rings (SSSR count). The second-order valence-corrected chi connectivity index (χ2v) is 3.75. The first kappa shape index (κ1) is 11.3. The first-order valence-corrected chi connectivity index (χ1v) is 5.20. The van der Waals surface area contributed by atoms with Crippen LogP contribution in [0.1, 0.15) is 39.5 Å². The molecule has 2 N–H and O–H groups in total. The van der Waals surface area contributed by atoms with Crippen LogP contribution >= 0.6 is 12.6 Å². The van der Waals surface area contributed by atoms with Gasteiger partial charge in [0.1, 0.15) is 0 Å². The maximum absolute atomic E-state index is 5.72. The van der Waals surface area contributed by atoms with Gasteiger partial charge < -0.3 is 5.73 Å². The van der Waals surface area contributed by atoms with Crippen molar-refractivity contribution in [3.8, 4) is 0 Å². The van der Waals surface area contributed by atoms with Crippen LogP contribution in [0.4, 0.5) is 0 Å². The van der Waals surface area contributed by atoms with Crippen LogP contribution in [0.2, 0.25) is 0 Å². The average Bonchev–Trinajstić information content (AvgIpc) is 2.04. The molecular formula is C9H21NS. The highest BCUT2D eigenvalue weighted by Crippen LogP contribution is 2.11. The summed E-state index contributed by atoms with van der Waals surface area (Å²) in [5.74, 6) is 1.68. The lowest BCUT2D eigenvalue weighted by Gasteiger charge is -2.10. The van der Waals surface area contributed by atoms with Crippen LogP contribution in [0.15, 0.2) is 0 Å². The Balaban J connectivity index is 3.13. The molecule has 11 heavy (non-hydrogen) atoms. The monoisotopic (exact) mass is 175 g/mol. The molecular weight excluding hydrogens is 154 g/mol. The van der Waals surface area contributed by atoms with Crippen LogP contribution in [-0.2, 0) is 0 Å². The van der Waals surface area contributed by atoms with Crippen molar-refractivity contribution in [3.63, 3.8) is 0 Å². The van der Waals surface area contributed by atoms with Crippen LogP contribution < -0.4 is 5.73 Å². The van der Waals surface area contributed by atoms with Gasteiger partial charge in [0, 0.05) is 11.8 Å². The van der Waals surface area contributed by atoms with Gasteiger partial charge in [0.05, 0.1) is 0 Å². The van der Waals surface area contributed by atoms with E-state index in [1.807, 2.05) is 0 Å². The van der Waals surface area contributed by atoms with Gasteiger partial charge in [-0.3, -0.25) is 0 Å². The third kappa shape index (κ3) is 6.70. The van der Waals surface area contributed by atoms with Crippen molar-refractivity contribution in [2.75, 3.05) is 5.75 Å².